The molecule has 0 atom stereocenters. The second-order valence-electron chi connectivity index (χ2n) is 7.22. The number of nitrogens with zero attached hydrogens (tertiary/aromatic N) is 3. The number of nitrogens with two attached hydrogens (primary N) is 1. The van der Waals surface area contributed by atoms with Crippen molar-refractivity contribution in [1.29, 1.82) is 0 Å². The first-order valence-electron chi connectivity index (χ1n) is 9.35. The molecule has 3 rings (SSSR count). The first kappa shape index (κ1) is 19.7. The van der Waals surface area contributed by atoms with Gasteiger partial charge in [0, 0.05) is 57.3 Å². The molecular weight excluding hydrogens is 356 g/mol. The van der Waals surface area contributed by atoms with Gasteiger partial charge in [0.05, 0.1) is 17.4 Å². The molecule has 1 fully saturated rings. The number of Topliss-reactive ketones (excluding diaryl/α,β-unsaturated/α-hetero) is 1. The van der Waals surface area contributed by atoms with Crippen LogP contribution in [0.2, 0.25) is 0 Å². The van der Waals surface area contributed by atoms with Crippen LogP contribution in [0.4, 0.5) is 11.4 Å². The van der Waals surface area contributed by atoms with Crippen LogP contribution < -0.4 is 15.4 Å². The standard InChI is InChI=1S/C21H26N4O3/c1-14(26)15-4-6-19(22)18(12-15)21(27)25-10-8-17(9-11-25)28-20-7-5-16(13-23-20)24(2)3/h4-7,12-13,17H,8-11,22H2,1-3H3. The number of carbonyl (C=O) groups is 2. The van der Waals surface area contributed by atoms with Gasteiger partial charge in [-0.2, -0.15) is 0 Å². The number of hydrogen-bond acceptors (Lipinski definition) is 6. The fourth-order valence-corrected chi connectivity index (χ4v) is 3.19. The van der Waals surface area contributed by atoms with Crippen molar-refractivity contribution in [1.82, 2.24) is 9.88 Å². The van der Waals surface area contributed by atoms with Crippen LogP contribution in [0.15, 0.2) is 36.5 Å². The van der Waals surface area contributed by atoms with Gasteiger partial charge in [-0.25, -0.2) is 4.98 Å². The fraction of sp³-hybridized carbons (Fsp3) is 0.381. The summed E-state index contributed by atoms with van der Waals surface area (Å²) in [5.41, 5.74) is 8.24. The number of anilines is 2. The Labute approximate surface area is 165 Å². The van der Waals surface area contributed by atoms with Crippen molar-refractivity contribution in [3.63, 3.8) is 0 Å². The molecule has 7 nitrogen and oxygen atoms in total. The predicted octanol–water partition coefficient (Wildman–Crippen LogP) is 2.62. The number of amides is 1. The molecule has 1 aliphatic heterocycles. The Balaban J connectivity index is 1.60. The topological polar surface area (TPSA) is 88.8 Å². The summed E-state index contributed by atoms with van der Waals surface area (Å²) < 4.78 is 5.96. The van der Waals surface area contributed by atoms with Crippen LogP contribution in [0.1, 0.15) is 40.5 Å². The summed E-state index contributed by atoms with van der Waals surface area (Å²) in [5, 5.41) is 0. The van der Waals surface area contributed by atoms with Crippen molar-refractivity contribution >= 4 is 23.1 Å². The second-order valence-corrected chi connectivity index (χ2v) is 7.22. The largest absolute Gasteiger partial charge is 0.474 e. The third-order valence-electron chi connectivity index (χ3n) is 4.94. The zero-order valence-corrected chi connectivity index (χ0v) is 16.5. The average molecular weight is 382 g/mol. The van der Waals surface area contributed by atoms with Gasteiger partial charge in [0.15, 0.2) is 5.78 Å². The lowest BCUT2D eigenvalue weighted by atomic mass is 10.0. The maximum atomic E-state index is 12.8. The van der Waals surface area contributed by atoms with Crippen molar-refractivity contribution < 1.29 is 14.3 Å². The molecule has 0 radical (unpaired) electrons. The minimum atomic E-state index is -0.146. The minimum absolute atomic E-state index is 0.0163. The van der Waals surface area contributed by atoms with Crippen molar-refractivity contribution in [3.05, 3.63) is 47.7 Å². The first-order chi connectivity index (χ1) is 13.3. The van der Waals surface area contributed by atoms with Crippen LogP contribution in [0, 0.1) is 0 Å². The molecule has 1 aromatic carbocycles. The van der Waals surface area contributed by atoms with E-state index in [0.29, 0.717) is 35.8 Å². The summed E-state index contributed by atoms with van der Waals surface area (Å²) in [6, 6.07) is 8.66. The average Bonchev–Trinajstić information content (AvgIpc) is 2.68. The van der Waals surface area contributed by atoms with E-state index in [4.69, 9.17) is 10.5 Å². The number of piperidine rings is 1. The van der Waals surface area contributed by atoms with Crippen molar-refractivity contribution in [2.45, 2.75) is 25.9 Å². The third-order valence-corrected chi connectivity index (χ3v) is 4.94. The molecule has 2 N–H and O–H groups in total. The molecule has 1 saturated heterocycles. The summed E-state index contributed by atoms with van der Waals surface area (Å²) in [6.45, 7) is 2.62. The molecule has 2 aromatic rings. The van der Waals surface area contributed by atoms with E-state index >= 15 is 0 Å². The van der Waals surface area contributed by atoms with Crippen LogP contribution in [-0.4, -0.2) is 54.9 Å². The normalized spacial score (nSPS) is 14.6. The summed E-state index contributed by atoms with van der Waals surface area (Å²) in [4.78, 5) is 32.5. The Morgan fingerprint density at radius 3 is 2.46 bits per heavy atom. The Morgan fingerprint density at radius 1 is 1.18 bits per heavy atom. The molecule has 1 aromatic heterocycles. The van der Waals surface area contributed by atoms with E-state index in [2.05, 4.69) is 4.98 Å². The fourth-order valence-electron chi connectivity index (χ4n) is 3.19. The van der Waals surface area contributed by atoms with E-state index in [1.54, 1.807) is 29.3 Å². The lowest BCUT2D eigenvalue weighted by molar-refractivity contribution is 0.0589. The van der Waals surface area contributed by atoms with Gasteiger partial charge in [-0.05, 0) is 31.2 Å². The molecule has 0 aliphatic carbocycles. The summed E-state index contributed by atoms with van der Waals surface area (Å²) >= 11 is 0. The first-order valence-corrected chi connectivity index (χ1v) is 9.35. The molecule has 0 bridgehead atoms. The highest BCUT2D eigenvalue weighted by atomic mass is 16.5. The summed E-state index contributed by atoms with van der Waals surface area (Å²) in [7, 11) is 3.92. The van der Waals surface area contributed by atoms with Gasteiger partial charge in [0.2, 0.25) is 5.88 Å². The van der Waals surface area contributed by atoms with Gasteiger partial charge in [-0.15, -0.1) is 0 Å². The molecule has 0 saturated carbocycles. The number of nitrogen functional groups attached to an aromatic ring is 1. The maximum Gasteiger partial charge on any atom is 0.255 e. The lowest BCUT2D eigenvalue weighted by Crippen LogP contribution is -2.42. The number of aromatic nitrogens is 1. The van der Waals surface area contributed by atoms with Gasteiger partial charge in [-0.1, -0.05) is 0 Å². The van der Waals surface area contributed by atoms with Gasteiger partial charge in [0.1, 0.15) is 6.10 Å². The molecule has 0 unspecified atom stereocenters. The smallest absolute Gasteiger partial charge is 0.255 e. The van der Waals surface area contributed by atoms with E-state index in [9.17, 15) is 9.59 Å². The minimum Gasteiger partial charge on any atom is -0.474 e. The third kappa shape index (κ3) is 4.42. The molecule has 1 amide bonds. The Kier molecular flexibility index (Phi) is 5.82. The monoisotopic (exact) mass is 382 g/mol. The Hall–Kier alpha value is -3.09. The molecular formula is C21H26N4O3. The van der Waals surface area contributed by atoms with Crippen LogP contribution >= 0.6 is 0 Å². The predicted molar refractivity (Wildman–Crippen MR) is 109 cm³/mol. The number of pyridine rings is 1. The molecule has 1 aliphatic rings. The van der Waals surface area contributed by atoms with Gasteiger partial charge >= 0.3 is 0 Å². The number of likely N-dealkylation sites (tertiary alicyclic amines) is 1. The van der Waals surface area contributed by atoms with Crippen molar-refractivity contribution in [2.75, 3.05) is 37.8 Å². The number of ether oxygens (including phenoxy) is 1. The number of hydrogen-bond donors (Lipinski definition) is 1. The van der Waals surface area contributed by atoms with Gasteiger partial charge in [0.25, 0.3) is 5.91 Å². The van der Waals surface area contributed by atoms with Crippen LogP contribution in [-0.2, 0) is 0 Å². The van der Waals surface area contributed by atoms with E-state index in [0.717, 1.165) is 18.5 Å². The number of rotatable bonds is 5. The molecule has 28 heavy (non-hydrogen) atoms. The SMILES string of the molecule is CC(=O)c1ccc(N)c(C(=O)N2CCC(Oc3ccc(N(C)C)cn3)CC2)c1. The number of ketones is 1. The van der Waals surface area contributed by atoms with E-state index in [1.807, 2.05) is 31.1 Å². The zero-order chi connectivity index (χ0) is 20.3. The summed E-state index contributed by atoms with van der Waals surface area (Å²) in [6.07, 6.45) is 3.23. The highest BCUT2D eigenvalue weighted by molar-refractivity contribution is 6.03. The van der Waals surface area contributed by atoms with Crippen molar-refractivity contribution in [3.8, 4) is 5.88 Å². The number of benzene rings is 1. The molecule has 2 heterocycles. The highest BCUT2D eigenvalue weighted by Crippen LogP contribution is 2.22. The van der Waals surface area contributed by atoms with Crippen LogP contribution in [0.25, 0.3) is 0 Å². The summed E-state index contributed by atoms with van der Waals surface area (Å²) in [5.74, 6) is 0.357. The highest BCUT2D eigenvalue weighted by Gasteiger charge is 2.26. The Bertz CT molecular complexity index is 856. The van der Waals surface area contributed by atoms with Crippen molar-refractivity contribution in [2.24, 2.45) is 0 Å². The lowest BCUT2D eigenvalue weighted by Gasteiger charge is -2.32. The molecule has 7 heteroatoms. The number of carbonyl (C=O) groups excluding carboxylic acids is 2. The molecule has 148 valence electrons. The van der Waals surface area contributed by atoms with E-state index in [-0.39, 0.29) is 17.8 Å². The molecule has 0 spiro atoms. The maximum absolute atomic E-state index is 12.8. The van der Waals surface area contributed by atoms with E-state index in [1.165, 1.54) is 6.92 Å². The van der Waals surface area contributed by atoms with Crippen LogP contribution in [0.3, 0.4) is 0 Å². The zero-order valence-electron chi connectivity index (χ0n) is 16.5. The van der Waals surface area contributed by atoms with Crippen LogP contribution in [0.5, 0.6) is 5.88 Å². The van der Waals surface area contributed by atoms with Gasteiger partial charge in [-0.3, -0.25) is 9.59 Å². The quantitative estimate of drug-likeness (QED) is 0.632. The van der Waals surface area contributed by atoms with E-state index < -0.39 is 0 Å². The second kappa shape index (κ2) is 8.29. The van der Waals surface area contributed by atoms with Gasteiger partial charge < -0.3 is 20.3 Å². The Morgan fingerprint density at radius 2 is 1.89 bits per heavy atom.